The van der Waals surface area contributed by atoms with Crippen LogP contribution >= 0.6 is 0 Å². The maximum absolute atomic E-state index is 11.7. The molecule has 1 heterocycles. The smallest absolute Gasteiger partial charge is 0.408 e. The van der Waals surface area contributed by atoms with Crippen LogP contribution in [0.5, 0.6) is 0 Å². The first-order valence-corrected chi connectivity index (χ1v) is 5.56. The van der Waals surface area contributed by atoms with E-state index in [0.29, 0.717) is 0 Å². The summed E-state index contributed by atoms with van der Waals surface area (Å²) in [5, 5.41) is 12.1. The summed E-state index contributed by atoms with van der Waals surface area (Å²) in [5.74, 6) is -0.765. The predicted octanol–water partition coefficient (Wildman–Crippen LogP) is -0.186. The molecule has 1 aliphatic rings. The third kappa shape index (κ3) is 3.11. The van der Waals surface area contributed by atoms with Crippen molar-refractivity contribution in [2.45, 2.75) is 38.0 Å². The van der Waals surface area contributed by atoms with E-state index in [1.807, 2.05) is 0 Å². The van der Waals surface area contributed by atoms with Gasteiger partial charge < -0.3 is 24.6 Å². The fraction of sp³-hybridized carbons (Fsp3) is 0.818. The number of carbonyl (C=O) groups is 2. The van der Waals surface area contributed by atoms with E-state index in [1.54, 1.807) is 20.8 Å². The Bertz CT molecular complexity index is 337. The molecule has 2 atom stereocenters. The molecule has 18 heavy (non-hydrogen) atoms. The second-order valence-corrected chi connectivity index (χ2v) is 5.12. The van der Waals surface area contributed by atoms with Crippen molar-refractivity contribution >= 4 is 12.1 Å². The second kappa shape index (κ2) is 5.11. The number of alkyl carbamates (subject to hydrolysis) is 1. The first-order valence-electron chi connectivity index (χ1n) is 5.56. The van der Waals surface area contributed by atoms with Crippen molar-refractivity contribution in [3.63, 3.8) is 0 Å². The van der Waals surface area contributed by atoms with Crippen LogP contribution in [0.25, 0.3) is 0 Å². The number of ether oxygens (including phenoxy) is 3. The zero-order valence-corrected chi connectivity index (χ0v) is 11.0. The molecule has 0 spiro atoms. The Balaban J connectivity index is 2.81. The number of aliphatic hydroxyl groups excluding tert-OH is 1. The van der Waals surface area contributed by atoms with Gasteiger partial charge in [0.05, 0.1) is 20.3 Å². The van der Waals surface area contributed by atoms with Gasteiger partial charge in [-0.25, -0.2) is 9.59 Å². The van der Waals surface area contributed by atoms with Gasteiger partial charge >= 0.3 is 12.1 Å². The zero-order chi connectivity index (χ0) is 14.0. The van der Waals surface area contributed by atoms with Crippen LogP contribution in [0, 0.1) is 0 Å². The lowest BCUT2D eigenvalue weighted by atomic mass is 9.96. The van der Waals surface area contributed by atoms with E-state index in [2.05, 4.69) is 10.1 Å². The van der Waals surface area contributed by atoms with Crippen molar-refractivity contribution in [2.24, 2.45) is 0 Å². The molecule has 1 fully saturated rings. The van der Waals surface area contributed by atoms with Gasteiger partial charge in [-0.05, 0) is 20.8 Å². The molecule has 0 bridgehead atoms. The van der Waals surface area contributed by atoms with Gasteiger partial charge in [0.1, 0.15) is 11.7 Å². The minimum Gasteiger partial charge on any atom is -0.467 e. The molecule has 0 aromatic heterocycles. The molecule has 2 unspecified atom stereocenters. The molecule has 0 saturated carbocycles. The molecule has 7 heteroatoms. The lowest BCUT2D eigenvalue weighted by Gasteiger charge is -2.30. The number of carbonyl (C=O) groups excluding carboxylic acids is 2. The predicted molar refractivity (Wildman–Crippen MR) is 60.9 cm³/mol. The van der Waals surface area contributed by atoms with Gasteiger partial charge in [-0.3, -0.25) is 0 Å². The quantitative estimate of drug-likeness (QED) is 0.669. The lowest BCUT2D eigenvalue weighted by Crippen LogP contribution is -2.62. The van der Waals surface area contributed by atoms with E-state index in [-0.39, 0.29) is 13.2 Å². The molecule has 104 valence electrons. The fourth-order valence-electron chi connectivity index (χ4n) is 1.60. The summed E-state index contributed by atoms with van der Waals surface area (Å²) < 4.78 is 14.6. The van der Waals surface area contributed by atoms with E-state index >= 15 is 0 Å². The Hall–Kier alpha value is -1.34. The topological polar surface area (TPSA) is 94.1 Å². The number of hydrogen-bond donors (Lipinski definition) is 2. The van der Waals surface area contributed by atoms with E-state index in [9.17, 15) is 14.7 Å². The molecule has 1 rings (SSSR count). The summed E-state index contributed by atoms with van der Waals surface area (Å²) in [6.45, 7) is 4.88. The molecule has 0 aliphatic carbocycles. The summed E-state index contributed by atoms with van der Waals surface area (Å²) in [6.07, 6.45) is -1.98. The van der Waals surface area contributed by atoms with Crippen molar-refractivity contribution in [1.82, 2.24) is 5.32 Å². The van der Waals surface area contributed by atoms with Crippen LogP contribution < -0.4 is 5.32 Å². The number of rotatable bonds is 2. The Morgan fingerprint density at radius 2 is 2.06 bits per heavy atom. The normalized spacial score (nSPS) is 27.7. The average Bonchev–Trinajstić information content (AvgIpc) is 2.57. The minimum absolute atomic E-state index is 0.0507. The third-order valence-electron chi connectivity index (χ3n) is 2.45. The van der Waals surface area contributed by atoms with Crippen molar-refractivity contribution in [2.75, 3.05) is 20.3 Å². The van der Waals surface area contributed by atoms with Crippen LogP contribution in [0.3, 0.4) is 0 Å². The number of esters is 1. The molecular formula is C11H19NO6. The summed E-state index contributed by atoms with van der Waals surface area (Å²) in [6, 6.07) is 0. The molecule has 1 saturated heterocycles. The first-order chi connectivity index (χ1) is 8.21. The van der Waals surface area contributed by atoms with E-state index in [4.69, 9.17) is 9.47 Å². The van der Waals surface area contributed by atoms with Crippen molar-refractivity contribution in [1.29, 1.82) is 0 Å². The zero-order valence-electron chi connectivity index (χ0n) is 11.0. The van der Waals surface area contributed by atoms with Gasteiger partial charge in [0.25, 0.3) is 0 Å². The van der Waals surface area contributed by atoms with E-state index in [1.165, 1.54) is 7.11 Å². The molecule has 1 aliphatic heterocycles. The monoisotopic (exact) mass is 261 g/mol. The Morgan fingerprint density at radius 3 is 2.44 bits per heavy atom. The Kier molecular flexibility index (Phi) is 4.18. The van der Waals surface area contributed by atoms with Crippen molar-refractivity contribution in [3.8, 4) is 0 Å². The van der Waals surface area contributed by atoms with Gasteiger partial charge in [-0.15, -0.1) is 0 Å². The number of aliphatic hydroxyl groups is 1. The number of hydrogen-bond acceptors (Lipinski definition) is 6. The average molecular weight is 261 g/mol. The first kappa shape index (κ1) is 14.7. The van der Waals surface area contributed by atoms with Crippen LogP contribution in [0.15, 0.2) is 0 Å². The summed E-state index contributed by atoms with van der Waals surface area (Å²) in [5.41, 5.74) is -2.30. The Morgan fingerprint density at radius 1 is 1.44 bits per heavy atom. The molecule has 0 radical (unpaired) electrons. The van der Waals surface area contributed by atoms with E-state index in [0.717, 1.165) is 0 Å². The van der Waals surface area contributed by atoms with Gasteiger partial charge in [0, 0.05) is 0 Å². The standard InChI is InChI=1S/C11H19NO6/c1-10(2,3)18-9(15)12-11(8(14)16-4)6-17-5-7(11)13/h7,13H,5-6H2,1-4H3,(H,12,15). The number of amides is 1. The molecule has 0 aromatic rings. The summed E-state index contributed by atoms with van der Waals surface area (Å²) >= 11 is 0. The summed E-state index contributed by atoms with van der Waals surface area (Å²) in [7, 11) is 1.17. The third-order valence-corrected chi connectivity index (χ3v) is 2.45. The maximum atomic E-state index is 11.7. The minimum atomic E-state index is -1.60. The number of methoxy groups -OCH3 is 1. The van der Waals surface area contributed by atoms with Gasteiger partial charge in [-0.2, -0.15) is 0 Å². The van der Waals surface area contributed by atoms with Crippen LogP contribution in [0.4, 0.5) is 4.79 Å². The van der Waals surface area contributed by atoms with Crippen LogP contribution in [-0.4, -0.2) is 54.7 Å². The van der Waals surface area contributed by atoms with Gasteiger partial charge in [-0.1, -0.05) is 0 Å². The van der Waals surface area contributed by atoms with Crippen LogP contribution in [0.1, 0.15) is 20.8 Å². The second-order valence-electron chi connectivity index (χ2n) is 5.12. The highest BCUT2D eigenvalue weighted by atomic mass is 16.6. The van der Waals surface area contributed by atoms with Gasteiger partial charge in [0.2, 0.25) is 0 Å². The van der Waals surface area contributed by atoms with E-state index < -0.39 is 29.3 Å². The Labute approximate surface area is 105 Å². The molecule has 7 nitrogen and oxygen atoms in total. The fourth-order valence-corrected chi connectivity index (χ4v) is 1.60. The molecule has 2 N–H and O–H groups in total. The molecule has 1 amide bonds. The highest BCUT2D eigenvalue weighted by molar-refractivity contribution is 5.87. The van der Waals surface area contributed by atoms with Crippen molar-refractivity contribution in [3.05, 3.63) is 0 Å². The summed E-state index contributed by atoms with van der Waals surface area (Å²) in [4.78, 5) is 23.4. The highest BCUT2D eigenvalue weighted by Gasteiger charge is 2.53. The molecular weight excluding hydrogens is 242 g/mol. The largest absolute Gasteiger partial charge is 0.467 e. The number of nitrogens with one attached hydrogen (secondary N) is 1. The highest BCUT2D eigenvalue weighted by Crippen LogP contribution is 2.22. The lowest BCUT2D eigenvalue weighted by molar-refractivity contribution is -0.151. The van der Waals surface area contributed by atoms with Crippen LogP contribution in [-0.2, 0) is 19.0 Å². The van der Waals surface area contributed by atoms with Gasteiger partial charge in [0.15, 0.2) is 5.54 Å². The molecule has 0 aromatic carbocycles. The van der Waals surface area contributed by atoms with Crippen molar-refractivity contribution < 1.29 is 28.9 Å². The van der Waals surface area contributed by atoms with Crippen LogP contribution in [0.2, 0.25) is 0 Å². The SMILES string of the molecule is COC(=O)C1(NC(=O)OC(C)(C)C)COCC1O. The maximum Gasteiger partial charge on any atom is 0.408 e.